The maximum Gasteiger partial charge on any atom is 0.408 e. The Kier molecular flexibility index (Phi) is 7.74. The van der Waals surface area contributed by atoms with E-state index < -0.39 is 30.1 Å². The summed E-state index contributed by atoms with van der Waals surface area (Å²) in [5.74, 6) is -1.55. The average molecular weight is 336 g/mol. The van der Waals surface area contributed by atoms with Crippen LogP contribution in [0.2, 0.25) is 0 Å². The maximum atomic E-state index is 12.2. The minimum Gasteiger partial charge on any atom is -0.480 e. The molecule has 0 spiro atoms. The zero-order chi connectivity index (χ0) is 18.1. The molecule has 2 atom stereocenters. The van der Waals surface area contributed by atoms with Crippen molar-refractivity contribution in [2.24, 2.45) is 5.92 Å². The number of amides is 2. The zero-order valence-electron chi connectivity index (χ0n) is 14.1. The van der Waals surface area contributed by atoms with Crippen LogP contribution < -0.4 is 10.6 Å². The molecule has 0 aromatic heterocycles. The molecule has 0 aliphatic carbocycles. The van der Waals surface area contributed by atoms with Gasteiger partial charge in [-0.15, -0.1) is 0 Å². The number of ether oxygens (including phenoxy) is 1. The van der Waals surface area contributed by atoms with Crippen molar-refractivity contribution in [3.8, 4) is 0 Å². The van der Waals surface area contributed by atoms with Crippen molar-refractivity contribution < 1.29 is 24.2 Å². The highest BCUT2D eigenvalue weighted by molar-refractivity contribution is 5.89. The Morgan fingerprint density at radius 2 is 1.71 bits per heavy atom. The van der Waals surface area contributed by atoms with Gasteiger partial charge in [0.25, 0.3) is 0 Å². The van der Waals surface area contributed by atoms with Gasteiger partial charge >= 0.3 is 12.1 Å². The molecule has 0 saturated carbocycles. The van der Waals surface area contributed by atoms with E-state index in [1.54, 1.807) is 0 Å². The van der Waals surface area contributed by atoms with Crippen LogP contribution in [-0.4, -0.2) is 35.2 Å². The fourth-order valence-corrected chi connectivity index (χ4v) is 1.99. The van der Waals surface area contributed by atoms with E-state index in [1.165, 1.54) is 6.92 Å². The summed E-state index contributed by atoms with van der Waals surface area (Å²) in [6, 6.07) is 7.28. The van der Waals surface area contributed by atoms with Gasteiger partial charge in [0.05, 0.1) is 0 Å². The predicted octanol–water partition coefficient (Wildman–Crippen LogP) is 1.92. The molecule has 0 aliphatic rings. The molecular weight excluding hydrogens is 312 g/mol. The average Bonchev–Trinajstić information content (AvgIpc) is 2.52. The molecule has 0 bridgehead atoms. The minimum absolute atomic E-state index is 0.0915. The molecule has 2 unspecified atom stereocenters. The summed E-state index contributed by atoms with van der Waals surface area (Å²) in [6.45, 7) is 5.25. The summed E-state index contributed by atoms with van der Waals surface area (Å²) in [6.07, 6.45) is -0.346. The molecule has 0 aliphatic heterocycles. The van der Waals surface area contributed by atoms with Crippen molar-refractivity contribution in [2.45, 2.75) is 45.9 Å². The molecule has 1 rings (SSSR count). The third-order valence-electron chi connectivity index (χ3n) is 3.26. The molecule has 132 valence electrons. The first-order chi connectivity index (χ1) is 11.3. The number of carbonyl (C=O) groups excluding carboxylic acids is 2. The number of nitrogens with one attached hydrogen (secondary N) is 2. The second-order valence-electron chi connectivity index (χ2n) is 5.96. The second kappa shape index (κ2) is 9.54. The molecule has 3 N–H and O–H groups in total. The number of alkyl carbamates (subject to hydrolysis) is 1. The van der Waals surface area contributed by atoms with Crippen molar-refractivity contribution in [3.63, 3.8) is 0 Å². The second-order valence-corrected chi connectivity index (χ2v) is 5.96. The van der Waals surface area contributed by atoms with Crippen molar-refractivity contribution in [1.29, 1.82) is 0 Å². The Morgan fingerprint density at radius 3 is 2.25 bits per heavy atom. The molecule has 0 saturated heterocycles. The number of hydrogen-bond donors (Lipinski definition) is 3. The van der Waals surface area contributed by atoms with Crippen LogP contribution in [0.4, 0.5) is 4.79 Å². The van der Waals surface area contributed by atoms with Crippen LogP contribution in [0.15, 0.2) is 30.3 Å². The summed E-state index contributed by atoms with van der Waals surface area (Å²) in [5.41, 5.74) is 0.831. The van der Waals surface area contributed by atoms with E-state index in [9.17, 15) is 14.4 Å². The summed E-state index contributed by atoms with van der Waals surface area (Å²) in [4.78, 5) is 34.9. The number of aliphatic carboxylic acids is 1. The number of carbonyl (C=O) groups is 3. The first-order valence-corrected chi connectivity index (χ1v) is 7.80. The number of carboxylic acid groups (broad SMARTS) is 1. The topological polar surface area (TPSA) is 105 Å². The summed E-state index contributed by atoms with van der Waals surface area (Å²) in [7, 11) is 0. The lowest BCUT2D eigenvalue weighted by molar-refractivity contribution is -0.141. The van der Waals surface area contributed by atoms with E-state index in [4.69, 9.17) is 9.84 Å². The van der Waals surface area contributed by atoms with Gasteiger partial charge in [-0.3, -0.25) is 9.59 Å². The Bertz CT molecular complexity index is 559. The lowest BCUT2D eigenvalue weighted by atomic mass is 10.0. The van der Waals surface area contributed by atoms with Crippen molar-refractivity contribution in [2.75, 3.05) is 0 Å². The SMILES string of the molecule is CC(C)CC(NC(=O)OCc1ccccc1)C(=O)NC(C)C(=O)O. The molecule has 0 radical (unpaired) electrons. The number of hydrogen-bond acceptors (Lipinski definition) is 4. The maximum absolute atomic E-state index is 12.2. The Labute approximate surface area is 141 Å². The van der Waals surface area contributed by atoms with E-state index in [0.717, 1.165) is 5.56 Å². The normalized spacial score (nSPS) is 13.0. The van der Waals surface area contributed by atoms with E-state index in [-0.39, 0.29) is 12.5 Å². The highest BCUT2D eigenvalue weighted by Gasteiger charge is 2.25. The van der Waals surface area contributed by atoms with Crippen LogP contribution in [0.25, 0.3) is 0 Å². The van der Waals surface area contributed by atoms with Gasteiger partial charge in [0.15, 0.2) is 0 Å². The fraction of sp³-hybridized carbons (Fsp3) is 0.471. The van der Waals surface area contributed by atoms with Gasteiger partial charge in [-0.05, 0) is 24.8 Å². The Morgan fingerprint density at radius 1 is 1.08 bits per heavy atom. The van der Waals surface area contributed by atoms with Gasteiger partial charge in [0.2, 0.25) is 5.91 Å². The van der Waals surface area contributed by atoms with Gasteiger partial charge < -0.3 is 20.5 Å². The van der Waals surface area contributed by atoms with Gasteiger partial charge in [-0.25, -0.2) is 4.79 Å². The van der Waals surface area contributed by atoms with Gasteiger partial charge in [0.1, 0.15) is 18.7 Å². The Balaban J connectivity index is 2.59. The van der Waals surface area contributed by atoms with Gasteiger partial charge in [-0.1, -0.05) is 44.2 Å². The van der Waals surface area contributed by atoms with Gasteiger partial charge in [-0.2, -0.15) is 0 Å². The summed E-state index contributed by atoms with van der Waals surface area (Å²) < 4.78 is 5.10. The third-order valence-corrected chi connectivity index (χ3v) is 3.26. The molecule has 1 aromatic rings. The van der Waals surface area contributed by atoms with Crippen molar-refractivity contribution >= 4 is 18.0 Å². The largest absolute Gasteiger partial charge is 0.480 e. The first-order valence-electron chi connectivity index (χ1n) is 7.80. The quantitative estimate of drug-likeness (QED) is 0.673. The highest BCUT2D eigenvalue weighted by atomic mass is 16.5. The van der Waals surface area contributed by atoms with E-state index in [0.29, 0.717) is 6.42 Å². The lowest BCUT2D eigenvalue weighted by Crippen LogP contribution is -2.51. The van der Waals surface area contributed by atoms with E-state index in [1.807, 2.05) is 44.2 Å². The predicted molar refractivity (Wildman–Crippen MR) is 88.2 cm³/mol. The number of carboxylic acids is 1. The monoisotopic (exact) mass is 336 g/mol. The molecule has 7 heteroatoms. The van der Waals surface area contributed by atoms with Crippen molar-refractivity contribution in [3.05, 3.63) is 35.9 Å². The summed E-state index contributed by atoms with van der Waals surface area (Å²) in [5, 5.41) is 13.7. The zero-order valence-corrected chi connectivity index (χ0v) is 14.1. The number of rotatable bonds is 8. The van der Waals surface area contributed by atoms with Crippen LogP contribution in [-0.2, 0) is 20.9 Å². The molecular formula is C17H24N2O5. The van der Waals surface area contributed by atoms with Crippen molar-refractivity contribution in [1.82, 2.24) is 10.6 Å². The molecule has 0 heterocycles. The molecule has 2 amide bonds. The van der Waals surface area contributed by atoms with Crippen LogP contribution >= 0.6 is 0 Å². The molecule has 7 nitrogen and oxygen atoms in total. The van der Waals surface area contributed by atoms with Crippen LogP contribution in [0.5, 0.6) is 0 Å². The van der Waals surface area contributed by atoms with E-state index in [2.05, 4.69) is 10.6 Å². The van der Waals surface area contributed by atoms with Crippen LogP contribution in [0.1, 0.15) is 32.8 Å². The van der Waals surface area contributed by atoms with Crippen LogP contribution in [0, 0.1) is 5.92 Å². The Hall–Kier alpha value is -2.57. The smallest absolute Gasteiger partial charge is 0.408 e. The third kappa shape index (κ3) is 7.13. The highest BCUT2D eigenvalue weighted by Crippen LogP contribution is 2.07. The fourth-order valence-electron chi connectivity index (χ4n) is 1.99. The molecule has 24 heavy (non-hydrogen) atoms. The van der Waals surface area contributed by atoms with Crippen LogP contribution in [0.3, 0.4) is 0 Å². The first kappa shape index (κ1) is 19.5. The standard InChI is InChI=1S/C17H24N2O5/c1-11(2)9-14(15(20)18-12(3)16(21)22)19-17(23)24-10-13-7-5-4-6-8-13/h4-8,11-12,14H,9-10H2,1-3H3,(H,18,20)(H,19,23)(H,21,22). The molecule has 0 fully saturated rings. The van der Waals surface area contributed by atoms with Gasteiger partial charge in [0, 0.05) is 0 Å². The summed E-state index contributed by atoms with van der Waals surface area (Å²) >= 11 is 0. The lowest BCUT2D eigenvalue weighted by Gasteiger charge is -2.21. The molecule has 1 aromatic carbocycles. The van der Waals surface area contributed by atoms with E-state index >= 15 is 0 Å². The minimum atomic E-state index is -1.14. The number of benzene rings is 1.